The predicted molar refractivity (Wildman–Crippen MR) is 123 cm³/mol. The summed E-state index contributed by atoms with van der Waals surface area (Å²) in [6.45, 7) is 3.64. The Bertz CT molecular complexity index is 990. The highest BCUT2D eigenvalue weighted by Crippen LogP contribution is 2.26. The van der Waals surface area contributed by atoms with E-state index in [-0.39, 0.29) is 17.7 Å². The van der Waals surface area contributed by atoms with E-state index in [4.69, 9.17) is 0 Å². The molecule has 3 rings (SSSR count). The molecule has 6 nitrogen and oxygen atoms in total. The van der Waals surface area contributed by atoms with Gasteiger partial charge >= 0.3 is 0 Å². The highest BCUT2D eigenvalue weighted by molar-refractivity contribution is 8.01. The van der Waals surface area contributed by atoms with Crippen LogP contribution in [0.2, 0.25) is 0 Å². The Morgan fingerprint density at radius 2 is 1.83 bits per heavy atom. The van der Waals surface area contributed by atoms with Gasteiger partial charge in [0.1, 0.15) is 0 Å². The van der Waals surface area contributed by atoms with Crippen molar-refractivity contribution >= 4 is 45.7 Å². The molecule has 0 spiro atoms. The molecule has 156 valence electrons. The quantitative estimate of drug-likeness (QED) is 0.274. The van der Waals surface area contributed by atoms with E-state index >= 15 is 0 Å². The number of hydrogen-bond donors (Lipinski definition) is 2. The Morgan fingerprint density at radius 1 is 1.03 bits per heavy atom. The maximum absolute atomic E-state index is 12.5. The lowest BCUT2D eigenvalue weighted by molar-refractivity contribution is -0.118. The Labute approximate surface area is 184 Å². The molecule has 0 aliphatic rings. The van der Waals surface area contributed by atoms with Gasteiger partial charge in [-0.05, 0) is 36.6 Å². The number of nitrogens with one attached hydrogen (secondary N) is 2. The molecule has 0 bridgehead atoms. The lowest BCUT2D eigenvalue weighted by atomic mass is 10.1. The molecule has 0 atom stereocenters. The zero-order chi connectivity index (χ0) is 21.3. The molecule has 0 saturated carbocycles. The minimum Gasteiger partial charge on any atom is -0.326 e. The van der Waals surface area contributed by atoms with Crippen LogP contribution in [-0.2, 0) is 11.2 Å². The highest BCUT2D eigenvalue weighted by atomic mass is 32.2. The summed E-state index contributed by atoms with van der Waals surface area (Å²) in [5.74, 6) is 0.431. The number of carbonyl (C=O) groups is 2. The first-order chi connectivity index (χ1) is 14.5. The summed E-state index contributed by atoms with van der Waals surface area (Å²) < 4.78 is 0.830. The first-order valence-electron chi connectivity index (χ1n) is 9.74. The third kappa shape index (κ3) is 6.67. The largest absolute Gasteiger partial charge is 0.326 e. The van der Waals surface area contributed by atoms with Gasteiger partial charge in [0.25, 0.3) is 5.91 Å². The molecule has 2 N–H and O–H groups in total. The standard InChI is InChI=1S/C22H24N4O2S2/c1-15(2)19(27)23-18-12-6-11-17(14-18)20(28)24-21-25-26-22(30-21)29-13-7-10-16-8-4-3-5-9-16/h3-6,8-9,11-12,14-15H,7,10,13H2,1-2H3,(H,23,27)(H,24,25,28). The Hall–Kier alpha value is -2.71. The first kappa shape index (κ1) is 22.0. The van der Waals surface area contributed by atoms with Gasteiger partial charge in [-0.15, -0.1) is 10.2 Å². The summed E-state index contributed by atoms with van der Waals surface area (Å²) in [5.41, 5.74) is 2.37. The summed E-state index contributed by atoms with van der Waals surface area (Å²) in [7, 11) is 0. The van der Waals surface area contributed by atoms with Crippen LogP contribution in [0.25, 0.3) is 0 Å². The van der Waals surface area contributed by atoms with Gasteiger partial charge in [-0.3, -0.25) is 14.9 Å². The molecule has 3 aromatic rings. The summed E-state index contributed by atoms with van der Waals surface area (Å²) in [6, 6.07) is 17.2. The van der Waals surface area contributed by atoms with Gasteiger partial charge in [-0.1, -0.05) is 73.3 Å². The summed E-state index contributed by atoms with van der Waals surface area (Å²) in [6.07, 6.45) is 2.07. The number of carbonyl (C=O) groups excluding carboxylic acids is 2. The van der Waals surface area contributed by atoms with Crippen LogP contribution in [0.4, 0.5) is 10.8 Å². The van der Waals surface area contributed by atoms with Gasteiger partial charge in [-0.25, -0.2) is 0 Å². The fourth-order valence-corrected chi connectivity index (χ4v) is 4.35. The molecule has 0 aliphatic heterocycles. The summed E-state index contributed by atoms with van der Waals surface area (Å²) >= 11 is 3.00. The van der Waals surface area contributed by atoms with Crippen LogP contribution in [0.5, 0.6) is 0 Å². The van der Waals surface area contributed by atoms with Crippen molar-refractivity contribution in [3.05, 3.63) is 65.7 Å². The summed E-state index contributed by atoms with van der Waals surface area (Å²) in [5, 5.41) is 14.2. The van der Waals surface area contributed by atoms with Crippen molar-refractivity contribution in [1.29, 1.82) is 0 Å². The van der Waals surface area contributed by atoms with Gasteiger partial charge in [0.05, 0.1) is 0 Å². The van der Waals surface area contributed by atoms with Crippen molar-refractivity contribution < 1.29 is 9.59 Å². The van der Waals surface area contributed by atoms with Gasteiger partial charge in [0.15, 0.2) is 4.34 Å². The van der Waals surface area contributed by atoms with E-state index < -0.39 is 0 Å². The lowest BCUT2D eigenvalue weighted by Gasteiger charge is -2.09. The van der Waals surface area contributed by atoms with Crippen molar-refractivity contribution in [1.82, 2.24) is 10.2 Å². The minimum absolute atomic E-state index is 0.0920. The van der Waals surface area contributed by atoms with Crippen molar-refractivity contribution in [2.24, 2.45) is 5.92 Å². The van der Waals surface area contributed by atoms with E-state index in [9.17, 15) is 9.59 Å². The number of benzene rings is 2. The molecule has 0 fully saturated rings. The third-order valence-corrected chi connectivity index (χ3v) is 6.28. The second-order valence-corrected chi connectivity index (χ2v) is 9.31. The molecule has 1 aromatic heterocycles. The molecule has 2 amide bonds. The number of aromatic nitrogens is 2. The Morgan fingerprint density at radius 3 is 2.60 bits per heavy atom. The zero-order valence-electron chi connectivity index (χ0n) is 16.9. The third-order valence-electron chi connectivity index (χ3n) is 4.22. The molecular formula is C22H24N4O2S2. The Balaban J connectivity index is 1.49. The van der Waals surface area contributed by atoms with Crippen molar-refractivity contribution in [2.75, 3.05) is 16.4 Å². The Kier molecular flexibility index (Phi) is 7.98. The van der Waals surface area contributed by atoms with Crippen molar-refractivity contribution in [2.45, 2.75) is 31.0 Å². The molecule has 0 saturated heterocycles. The van der Waals surface area contributed by atoms with Gasteiger partial charge in [-0.2, -0.15) is 0 Å². The molecule has 1 heterocycles. The van der Waals surface area contributed by atoms with E-state index in [1.54, 1.807) is 36.0 Å². The number of hydrogen-bond acceptors (Lipinski definition) is 6. The van der Waals surface area contributed by atoms with Crippen LogP contribution < -0.4 is 10.6 Å². The monoisotopic (exact) mass is 440 g/mol. The van der Waals surface area contributed by atoms with E-state index in [2.05, 4.69) is 45.1 Å². The fourth-order valence-electron chi connectivity index (χ4n) is 2.59. The maximum Gasteiger partial charge on any atom is 0.257 e. The maximum atomic E-state index is 12.5. The molecule has 0 unspecified atom stereocenters. The van der Waals surface area contributed by atoms with Crippen LogP contribution in [0.3, 0.4) is 0 Å². The number of anilines is 2. The smallest absolute Gasteiger partial charge is 0.257 e. The second kappa shape index (κ2) is 10.9. The van der Waals surface area contributed by atoms with Gasteiger partial charge in [0.2, 0.25) is 11.0 Å². The van der Waals surface area contributed by atoms with Crippen LogP contribution in [0.15, 0.2) is 58.9 Å². The van der Waals surface area contributed by atoms with E-state index in [0.29, 0.717) is 16.4 Å². The predicted octanol–water partition coefficient (Wildman–Crippen LogP) is 5.11. The average Bonchev–Trinajstić information content (AvgIpc) is 3.19. The van der Waals surface area contributed by atoms with Gasteiger partial charge < -0.3 is 5.32 Å². The van der Waals surface area contributed by atoms with Crippen LogP contribution >= 0.6 is 23.1 Å². The van der Waals surface area contributed by atoms with Crippen LogP contribution in [0, 0.1) is 5.92 Å². The topological polar surface area (TPSA) is 84.0 Å². The second-order valence-electron chi connectivity index (χ2n) is 6.99. The summed E-state index contributed by atoms with van der Waals surface area (Å²) in [4.78, 5) is 24.4. The molecule has 2 aromatic carbocycles. The first-order valence-corrected chi connectivity index (χ1v) is 11.5. The molecule has 8 heteroatoms. The average molecular weight is 441 g/mol. The molecule has 30 heavy (non-hydrogen) atoms. The van der Waals surface area contributed by atoms with Crippen LogP contribution in [0.1, 0.15) is 36.2 Å². The molecule has 0 aliphatic carbocycles. The highest BCUT2D eigenvalue weighted by Gasteiger charge is 2.13. The van der Waals surface area contributed by atoms with Crippen molar-refractivity contribution in [3.8, 4) is 0 Å². The van der Waals surface area contributed by atoms with Crippen molar-refractivity contribution in [3.63, 3.8) is 0 Å². The normalized spacial score (nSPS) is 10.8. The zero-order valence-corrected chi connectivity index (χ0v) is 18.6. The van der Waals surface area contributed by atoms with E-state index in [1.807, 2.05) is 19.9 Å². The SMILES string of the molecule is CC(C)C(=O)Nc1cccc(C(=O)Nc2nnc(SCCCc3ccccc3)s2)c1. The number of rotatable bonds is 9. The number of thioether (sulfide) groups is 1. The van der Waals surface area contributed by atoms with Crippen LogP contribution in [-0.4, -0.2) is 27.8 Å². The fraction of sp³-hybridized carbons (Fsp3) is 0.273. The van der Waals surface area contributed by atoms with E-state index in [0.717, 1.165) is 22.9 Å². The lowest BCUT2D eigenvalue weighted by Crippen LogP contribution is -2.18. The molecule has 0 radical (unpaired) electrons. The number of amides is 2. The number of aryl methyl sites for hydroxylation is 1. The van der Waals surface area contributed by atoms with E-state index in [1.165, 1.54) is 16.9 Å². The van der Waals surface area contributed by atoms with Gasteiger partial charge in [0, 0.05) is 22.9 Å². The number of nitrogens with zero attached hydrogens (tertiary/aromatic N) is 2. The minimum atomic E-state index is -0.285. The molecular weight excluding hydrogens is 416 g/mol.